The van der Waals surface area contributed by atoms with Crippen LogP contribution in [0.3, 0.4) is 0 Å². The number of benzene rings is 1. The number of carbonyl (C=O) groups is 2. The van der Waals surface area contributed by atoms with E-state index in [1.54, 1.807) is 9.42 Å². The second-order valence-corrected chi connectivity index (χ2v) is 7.07. The average Bonchev–Trinajstić information content (AvgIpc) is 3.25. The first-order valence-corrected chi connectivity index (χ1v) is 8.88. The molecule has 1 aliphatic heterocycles. The summed E-state index contributed by atoms with van der Waals surface area (Å²) in [5.41, 5.74) is 2.92. The fourth-order valence-electron chi connectivity index (χ4n) is 2.91. The Hall–Kier alpha value is -2.74. The maximum atomic E-state index is 12.5. The van der Waals surface area contributed by atoms with E-state index in [1.165, 1.54) is 11.3 Å². The number of nitrogens with one attached hydrogen (secondary N) is 1. The van der Waals surface area contributed by atoms with Crippen molar-refractivity contribution in [3.8, 4) is 0 Å². The molecule has 0 radical (unpaired) electrons. The highest BCUT2D eigenvalue weighted by atomic mass is 32.1. The lowest BCUT2D eigenvalue weighted by molar-refractivity contribution is -0.122. The summed E-state index contributed by atoms with van der Waals surface area (Å²) in [6.07, 6.45) is 0.195. The van der Waals surface area contributed by atoms with Crippen LogP contribution in [0.2, 0.25) is 0 Å². The van der Waals surface area contributed by atoms with E-state index in [-0.39, 0.29) is 24.2 Å². The van der Waals surface area contributed by atoms with E-state index in [2.05, 4.69) is 15.4 Å². The molecule has 0 spiro atoms. The van der Waals surface area contributed by atoms with Crippen molar-refractivity contribution in [2.24, 2.45) is 5.92 Å². The normalized spacial score (nSPS) is 17.4. The van der Waals surface area contributed by atoms with E-state index in [4.69, 9.17) is 0 Å². The first-order chi connectivity index (χ1) is 12.0. The maximum Gasteiger partial charge on any atom is 0.250 e. The molecule has 0 saturated carbocycles. The number of fused-ring (bicyclic) bond motifs is 1. The van der Waals surface area contributed by atoms with Gasteiger partial charge in [0.15, 0.2) is 0 Å². The van der Waals surface area contributed by atoms with Gasteiger partial charge >= 0.3 is 0 Å². The van der Waals surface area contributed by atoms with Gasteiger partial charge in [0, 0.05) is 24.0 Å². The third kappa shape index (κ3) is 2.89. The number of thiazole rings is 1. The zero-order chi connectivity index (χ0) is 17.6. The monoisotopic (exact) mass is 355 g/mol. The van der Waals surface area contributed by atoms with Gasteiger partial charge in [0.1, 0.15) is 0 Å². The Bertz CT molecular complexity index is 959. The van der Waals surface area contributed by atoms with Gasteiger partial charge in [0.05, 0.1) is 11.6 Å². The van der Waals surface area contributed by atoms with Gasteiger partial charge in [0.2, 0.25) is 22.7 Å². The molecule has 2 aromatic heterocycles. The number of carbonyl (C=O) groups excluding carboxylic acids is 2. The fraction of sp³-hybridized carbons (Fsp3) is 0.294. The lowest BCUT2D eigenvalue weighted by Crippen LogP contribution is -2.28. The molecular formula is C17H17N5O2S. The molecule has 8 heteroatoms. The molecule has 1 saturated heterocycles. The summed E-state index contributed by atoms with van der Waals surface area (Å²) in [6, 6.07) is 7.73. The highest BCUT2D eigenvalue weighted by molar-refractivity contribution is 7.15. The number of hydrogen-bond donors (Lipinski definition) is 1. The van der Waals surface area contributed by atoms with Crippen LogP contribution >= 0.6 is 11.3 Å². The lowest BCUT2D eigenvalue weighted by atomic mass is 10.1. The van der Waals surface area contributed by atoms with Crippen LogP contribution in [0.5, 0.6) is 0 Å². The highest BCUT2D eigenvalue weighted by Crippen LogP contribution is 2.26. The molecule has 1 atom stereocenters. The number of nitrogens with zero attached hydrogens (tertiary/aromatic N) is 4. The number of anilines is 2. The maximum absolute atomic E-state index is 12.5. The predicted molar refractivity (Wildman–Crippen MR) is 95.9 cm³/mol. The van der Waals surface area contributed by atoms with E-state index in [1.807, 2.05) is 43.5 Å². The molecule has 1 aliphatic rings. The molecule has 4 rings (SSSR count). The Balaban J connectivity index is 1.47. The van der Waals surface area contributed by atoms with Crippen LogP contribution in [0, 0.1) is 19.8 Å². The zero-order valence-corrected chi connectivity index (χ0v) is 14.7. The third-order valence-electron chi connectivity index (χ3n) is 4.32. The second kappa shape index (κ2) is 5.96. The fourth-order valence-corrected chi connectivity index (χ4v) is 3.71. The van der Waals surface area contributed by atoms with Crippen LogP contribution < -0.4 is 10.2 Å². The Morgan fingerprint density at radius 1 is 1.28 bits per heavy atom. The van der Waals surface area contributed by atoms with Gasteiger partial charge in [-0.1, -0.05) is 17.7 Å². The minimum atomic E-state index is -0.406. The molecule has 7 nitrogen and oxygen atoms in total. The smallest absolute Gasteiger partial charge is 0.250 e. The molecule has 1 unspecified atom stereocenters. The summed E-state index contributed by atoms with van der Waals surface area (Å²) >= 11 is 1.47. The van der Waals surface area contributed by atoms with Gasteiger partial charge in [-0.2, -0.15) is 4.98 Å². The summed E-state index contributed by atoms with van der Waals surface area (Å²) in [5.74, 6) is -0.393. The van der Waals surface area contributed by atoms with Crippen molar-refractivity contribution in [3.63, 3.8) is 0 Å². The van der Waals surface area contributed by atoms with Gasteiger partial charge in [-0.25, -0.2) is 4.52 Å². The van der Waals surface area contributed by atoms with Gasteiger partial charge in [0.25, 0.3) is 0 Å². The van der Waals surface area contributed by atoms with Gasteiger partial charge in [-0.05, 0) is 26.0 Å². The summed E-state index contributed by atoms with van der Waals surface area (Å²) in [7, 11) is 0. The first kappa shape index (κ1) is 15.8. The largest absolute Gasteiger partial charge is 0.312 e. The second-order valence-electron chi connectivity index (χ2n) is 6.24. The van der Waals surface area contributed by atoms with E-state index in [9.17, 15) is 9.59 Å². The van der Waals surface area contributed by atoms with Crippen LogP contribution in [-0.4, -0.2) is 33.0 Å². The van der Waals surface area contributed by atoms with Crippen molar-refractivity contribution in [2.75, 3.05) is 16.8 Å². The Kier molecular flexibility index (Phi) is 3.76. The summed E-state index contributed by atoms with van der Waals surface area (Å²) in [5, 5.41) is 8.96. The molecule has 1 aromatic carbocycles. The Labute approximate surface area is 148 Å². The van der Waals surface area contributed by atoms with Crippen LogP contribution in [0.15, 0.2) is 29.6 Å². The van der Waals surface area contributed by atoms with Crippen molar-refractivity contribution >= 4 is 39.7 Å². The molecule has 25 heavy (non-hydrogen) atoms. The number of aromatic nitrogens is 3. The third-order valence-corrected chi connectivity index (χ3v) is 5.26. The van der Waals surface area contributed by atoms with E-state index in [0.29, 0.717) is 6.54 Å². The molecular weight excluding hydrogens is 338 g/mol. The van der Waals surface area contributed by atoms with Crippen molar-refractivity contribution in [1.29, 1.82) is 0 Å². The molecule has 1 fully saturated rings. The number of hydrogen-bond acceptors (Lipinski definition) is 5. The van der Waals surface area contributed by atoms with Gasteiger partial charge < -0.3 is 4.90 Å². The molecule has 3 aromatic rings. The van der Waals surface area contributed by atoms with Crippen molar-refractivity contribution < 1.29 is 9.59 Å². The van der Waals surface area contributed by atoms with E-state index < -0.39 is 5.92 Å². The number of rotatable bonds is 3. The summed E-state index contributed by atoms with van der Waals surface area (Å²) in [4.78, 5) is 31.5. The minimum Gasteiger partial charge on any atom is -0.312 e. The van der Waals surface area contributed by atoms with Crippen LogP contribution in [-0.2, 0) is 9.59 Å². The van der Waals surface area contributed by atoms with Crippen molar-refractivity contribution in [2.45, 2.75) is 20.3 Å². The van der Waals surface area contributed by atoms with E-state index >= 15 is 0 Å². The van der Waals surface area contributed by atoms with Crippen LogP contribution in [0.25, 0.3) is 4.96 Å². The number of aryl methyl sites for hydroxylation is 2. The van der Waals surface area contributed by atoms with Crippen LogP contribution in [0.4, 0.5) is 11.6 Å². The predicted octanol–water partition coefficient (Wildman–Crippen LogP) is 2.40. The molecule has 1 N–H and O–H groups in total. The molecule has 2 amide bonds. The highest BCUT2D eigenvalue weighted by Gasteiger charge is 2.35. The Morgan fingerprint density at radius 3 is 2.76 bits per heavy atom. The molecule has 128 valence electrons. The lowest BCUT2D eigenvalue weighted by Gasteiger charge is -2.16. The topological polar surface area (TPSA) is 79.6 Å². The number of amides is 2. The SMILES string of the molecule is Cc1ccc(N2CC(C(=O)Nc3nc4scc(C)n4n3)CC2=O)cc1. The molecule has 0 aliphatic carbocycles. The summed E-state index contributed by atoms with van der Waals surface area (Å²) in [6.45, 7) is 4.30. The molecule has 3 heterocycles. The van der Waals surface area contributed by atoms with Crippen molar-refractivity contribution in [1.82, 2.24) is 14.6 Å². The minimum absolute atomic E-state index is 0.0429. The first-order valence-electron chi connectivity index (χ1n) is 8.00. The average molecular weight is 355 g/mol. The van der Waals surface area contributed by atoms with Crippen molar-refractivity contribution in [3.05, 3.63) is 40.9 Å². The van der Waals surface area contributed by atoms with Crippen LogP contribution in [0.1, 0.15) is 17.7 Å². The Morgan fingerprint density at radius 2 is 2.04 bits per heavy atom. The van der Waals surface area contributed by atoms with Gasteiger partial charge in [-0.3, -0.25) is 14.9 Å². The molecule has 0 bridgehead atoms. The standard InChI is InChI=1S/C17H17N5O2S/c1-10-3-5-13(6-4-10)21-8-12(7-14(21)23)15(24)18-16-19-17-22(20-16)11(2)9-25-17/h3-6,9,12H,7-8H2,1-2H3,(H,18,20,24). The van der Waals surface area contributed by atoms with Gasteiger partial charge in [-0.15, -0.1) is 16.4 Å². The zero-order valence-electron chi connectivity index (χ0n) is 13.9. The summed E-state index contributed by atoms with van der Waals surface area (Å²) < 4.78 is 1.69. The quantitative estimate of drug-likeness (QED) is 0.782. The van der Waals surface area contributed by atoms with E-state index in [0.717, 1.165) is 21.9 Å².